The molecule has 1 aliphatic rings. The van der Waals surface area contributed by atoms with E-state index in [1.54, 1.807) is 0 Å². The monoisotopic (exact) mass is 210 g/mol. The normalized spacial score (nSPS) is 17.4. The summed E-state index contributed by atoms with van der Waals surface area (Å²) in [6, 6.07) is -0.337. The van der Waals surface area contributed by atoms with Crippen molar-refractivity contribution in [3.05, 3.63) is 10.4 Å². The van der Waals surface area contributed by atoms with Crippen LogP contribution in [0.4, 0.5) is 0 Å². The van der Waals surface area contributed by atoms with E-state index in [1.807, 2.05) is 6.92 Å². The molecule has 82 valence electrons. The molecule has 6 nitrogen and oxygen atoms in total. The van der Waals surface area contributed by atoms with Crippen LogP contribution in [0.5, 0.6) is 0 Å². The first-order valence-electron chi connectivity index (χ1n) is 5.06. The second-order valence-corrected chi connectivity index (χ2v) is 3.51. The largest absolute Gasteiger partial charge is 0.283 e. The van der Waals surface area contributed by atoms with Crippen molar-refractivity contribution in [2.24, 2.45) is 5.11 Å². The molecule has 1 rings (SSSR count). The molecule has 1 fully saturated rings. The third kappa shape index (κ3) is 2.95. The van der Waals surface area contributed by atoms with E-state index in [1.165, 1.54) is 4.90 Å². The lowest BCUT2D eigenvalue weighted by Crippen LogP contribution is -2.33. The van der Waals surface area contributed by atoms with Crippen LogP contribution in [0.25, 0.3) is 10.4 Å². The van der Waals surface area contributed by atoms with Gasteiger partial charge >= 0.3 is 0 Å². The lowest BCUT2D eigenvalue weighted by molar-refractivity contribution is -0.142. The molecule has 0 N–H and O–H groups in total. The van der Waals surface area contributed by atoms with Crippen molar-refractivity contribution in [3.63, 3.8) is 0 Å². The zero-order chi connectivity index (χ0) is 11.3. The molecule has 0 aromatic heterocycles. The van der Waals surface area contributed by atoms with Crippen LogP contribution in [0.3, 0.4) is 0 Å². The number of azide groups is 1. The molecule has 1 aliphatic heterocycles. The Balaban J connectivity index is 2.53. The zero-order valence-electron chi connectivity index (χ0n) is 8.72. The number of amides is 2. The molecular weight excluding hydrogens is 196 g/mol. The maximum absolute atomic E-state index is 11.6. The Morgan fingerprint density at radius 3 is 2.93 bits per heavy atom. The number of hydrogen-bond donors (Lipinski definition) is 0. The van der Waals surface area contributed by atoms with Crippen molar-refractivity contribution in [2.75, 3.05) is 6.54 Å². The number of nitrogens with zero attached hydrogens (tertiary/aromatic N) is 4. The van der Waals surface area contributed by atoms with Crippen molar-refractivity contribution < 1.29 is 9.59 Å². The van der Waals surface area contributed by atoms with Crippen LogP contribution in [0.1, 0.15) is 32.6 Å². The van der Waals surface area contributed by atoms with E-state index in [-0.39, 0.29) is 24.3 Å². The first-order valence-corrected chi connectivity index (χ1v) is 5.06. The van der Waals surface area contributed by atoms with Gasteiger partial charge in [0.2, 0.25) is 11.8 Å². The number of imide groups is 1. The van der Waals surface area contributed by atoms with Crippen LogP contribution in [-0.2, 0) is 9.59 Å². The number of likely N-dealkylation sites (tertiary alicyclic amines) is 1. The SMILES string of the molecule is CC[C@H](CC(=O)N1CCCC1=O)N=[N+]=[N-]. The molecule has 0 unspecified atom stereocenters. The van der Waals surface area contributed by atoms with Gasteiger partial charge in [0.15, 0.2) is 0 Å². The summed E-state index contributed by atoms with van der Waals surface area (Å²) in [5, 5.41) is 3.50. The molecule has 0 saturated carbocycles. The topological polar surface area (TPSA) is 86.1 Å². The quantitative estimate of drug-likeness (QED) is 0.401. The van der Waals surface area contributed by atoms with Gasteiger partial charge in [0.1, 0.15) is 0 Å². The van der Waals surface area contributed by atoms with Crippen molar-refractivity contribution in [3.8, 4) is 0 Å². The average molecular weight is 210 g/mol. The van der Waals surface area contributed by atoms with E-state index in [9.17, 15) is 9.59 Å². The third-order valence-corrected chi connectivity index (χ3v) is 2.47. The van der Waals surface area contributed by atoms with E-state index in [0.717, 1.165) is 6.42 Å². The summed E-state index contributed by atoms with van der Waals surface area (Å²) in [4.78, 5) is 26.8. The number of carbonyl (C=O) groups is 2. The van der Waals surface area contributed by atoms with Gasteiger partial charge < -0.3 is 0 Å². The Labute approximate surface area is 87.9 Å². The highest BCUT2D eigenvalue weighted by molar-refractivity contribution is 5.96. The van der Waals surface area contributed by atoms with Gasteiger partial charge in [-0.3, -0.25) is 14.5 Å². The Kier molecular flexibility index (Phi) is 4.12. The van der Waals surface area contributed by atoms with E-state index in [2.05, 4.69) is 10.0 Å². The molecule has 0 spiro atoms. The van der Waals surface area contributed by atoms with Gasteiger partial charge in [0.25, 0.3) is 0 Å². The second kappa shape index (κ2) is 5.36. The minimum absolute atomic E-state index is 0.115. The standard InChI is InChI=1S/C9H14N4O2/c1-2-7(11-12-10)6-9(15)13-5-3-4-8(13)14/h7H,2-6H2,1H3/t7-/m1/s1. The molecule has 2 amide bonds. The predicted molar refractivity (Wildman–Crippen MR) is 53.8 cm³/mol. The van der Waals surface area contributed by atoms with Crippen LogP contribution in [0.2, 0.25) is 0 Å². The van der Waals surface area contributed by atoms with Gasteiger partial charge in [-0.25, -0.2) is 0 Å². The molecule has 0 aromatic rings. The van der Waals surface area contributed by atoms with Crippen LogP contribution in [0.15, 0.2) is 5.11 Å². The van der Waals surface area contributed by atoms with Gasteiger partial charge in [0, 0.05) is 30.3 Å². The first kappa shape index (κ1) is 11.5. The molecule has 0 aromatic carbocycles. The summed E-state index contributed by atoms with van der Waals surface area (Å²) in [6.45, 7) is 2.35. The third-order valence-electron chi connectivity index (χ3n) is 2.47. The summed E-state index contributed by atoms with van der Waals surface area (Å²) in [5.74, 6) is -0.340. The smallest absolute Gasteiger partial charge is 0.229 e. The maximum Gasteiger partial charge on any atom is 0.229 e. The second-order valence-electron chi connectivity index (χ2n) is 3.51. The molecule has 6 heteroatoms. The van der Waals surface area contributed by atoms with Crippen LogP contribution < -0.4 is 0 Å². The van der Waals surface area contributed by atoms with Gasteiger partial charge in [-0.2, -0.15) is 0 Å². The van der Waals surface area contributed by atoms with E-state index >= 15 is 0 Å². The summed E-state index contributed by atoms with van der Waals surface area (Å²) < 4.78 is 0. The Morgan fingerprint density at radius 2 is 2.47 bits per heavy atom. The Bertz CT molecular complexity index is 309. The van der Waals surface area contributed by atoms with Gasteiger partial charge in [-0.1, -0.05) is 12.0 Å². The molecular formula is C9H14N4O2. The van der Waals surface area contributed by atoms with Gasteiger partial charge in [-0.05, 0) is 18.4 Å². The fourth-order valence-corrected chi connectivity index (χ4v) is 1.56. The molecule has 0 aliphatic carbocycles. The number of hydrogen-bond acceptors (Lipinski definition) is 3. The van der Waals surface area contributed by atoms with Crippen molar-refractivity contribution >= 4 is 11.8 Å². The highest BCUT2D eigenvalue weighted by Gasteiger charge is 2.27. The van der Waals surface area contributed by atoms with Crippen LogP contribution in [0, 0.1) is 0 Å². The van der Waals surface area contributed by atoms with Crippen LogP contribution in [-0.4, -0.2) is 29.3 Å². The minimum Gasteiger partial charge on any atom is -0.283 e. The maximum atomic E-state index is 11.6. The summed E-state index contributed by atoms with van der Waals surface area (Å²) >= 11 is 0. The molecule has 0 radical (unpaired) electrons. The Hall–Kier alpha value is -1.55. The molecule has 15 heavy (non-hydrogen) atoms. The van der Waals surface area contributed by atoms with Gasteiger partial charge in [-0.15, -0.1) is 0 Å². The Morgan fingerprint density at radius 1 is 1.73 bits per heavy atom. The average Bonchev–Trinajstić information content (AvgIpc) is 2.63. The van der Waals surface area contributed by atoms with Crippen molar-refractivity contribution in [2.45, 2.75) is 38.6 Å². The predicted octanol–water partition coefficient (Wildman–Crippen LogP) is 1.61. The van der Waals surface area contributed by atoms with E-state index in [4.69, 9.17) is 5.53 Å². The van der Waals surface area contributed by atoms with Crippen molar-refractivity contribution in [1.29, 1.82) is 0 Å². The lowest BCUT2D eigenvalue weighted by Gasteiger charge is -2.15. The fraction of sp³-hybridized carbons (Fsp3) is 0.778. The molecule has 0 bridgehead atoms. The summed E-state index contributed by atoms with van der Waals surface area (Å²) in [6.07, 6.45) is 1.93. The molecule has 1 heterocycles. The van der Waals surface area contributed by atoms with Crippen molar-refractivity contribution in [1.82, 2.24) is 4.90 Å². The number of rotatable bonds is 4. The van der Waals surface area contributed by atoms with Gasteiger partial charge in [0.05, 0.1) is 0 Å². The lowest BCUT2D eigenvalue weighted by atomic mass is 10.1. The minimum atomic E-state index is -0.337. The first-order chi connectivity index (χ1) is 7.19. The molecule has 1 saturated heterocycles. The number of carbonyl (C=O) groups excluding carboxylic acids is 2. The molecule has 1 atom stereocenters. The van der Waals surface area contributed by atoms with E-state index in [0.29, 0.717) is 19.4 Å². The highest BCUT2D eigenvalue weighted by Crippen LogP contribution is 2.14. The van der Waals surface area contributed by atoms with Crippen LogP contribution >= 0.6 is 0 Å². The highest BCUT2D eigenvalue weighted by atomic mass is 16.2. The summed E-state index contributed by atoms with van der Waals surface area (Å²) in [5.41, 5.74) is 8.26. The fourth-order valence-electron chi connectivity index (χ4n) is 1.56. The summed E-state index contributed by atoms with van der Waals surface area (Å²) in [7, 11) is 0. The zero-order valence-corrected chi connectivity index (χ0v) is 8.72. The van der Waals surface area contributed by atoms with E-state index < -0.39 is 0 Å².